The Bertz CT molecular complexity index is 553. The molecule has 1 saturated heterocycles. The molecule has 1 fully saturated rings. The second-order valence-corrected chi connectivity index (χ2v) is 5.62. The van der Waals surface area contributed by atoms with Crippen LogP contribution < -0.4 is 4.90 Å². The Morgan fingerprint density at radius 2 is 1.75 bits per heavy atom. The molecule has 2 aromatic rings. The second kappa shape index (κ2) is 5.86. The van der Waals surface area contributed by atoms with Crippen LogP contribution in [0.1, 0.15) is 18.5 Å². The second-order valence-electron chi connectivity index (χ2n) is 5.18. The topological polar surface area (TPSA) is 6.48 Å². The van der Waals surface area contributed by atoms with E-state index < -0.39 is 0 Å². The van der Waals surface area contributed by atoms with Crippen LogP contribution in [0.4, 0.5) is 5.69 Å². The summed E-state index contributed by atoms with van der Waals surface area (Å²) in [6.07, 6.45) is 0. The number of nitrogens with zero attached hydrogens (tertiary/aromatic N) is 2. The third kappa shape index (κ3) is 2.67. The molecule has 0 radical (unpaired) electrons. The van der Waals surface area contributed by atoms with Crippen molar-refractivity contribution in [2.45, 2.75) is 13.0 Å². The standard InChI is InChI=1S/C17H19ClN2/c1-2-19-12-17(14-6-4-3-5-7-14)20(13-19)16-10-8-15(18)9-11-16/h3-11,17H,2,12-13H2,1H3. The highest BCUT2D eigenvalue weighted by molar-refractivity contribution is 6.30. The molecule has 1 unspecified atom stereocenters. The molecule has 0 aromatic heterocycles. The first kappa shape index (κ1) is 13.5. The largest absolute Gasteiger partial charge is 0.350 e. The SMILES string of the molecule is CCN1CC(c2ccccc2)N(c2ccc(Cl)cc2)C1. The van der Waals surface area contributed by atoms with Crippen molar-refractivity contribution in [2.24, 2.45) is 0 Å². The van der Waals surface area contributed by atoms with Gasteiger partial charge in [0, 0.05) is 17.3 Å². The minimum atomic E-state index is 0.414. The van der Waals surface area contributed by atoms with E-state index in [-0.39, 0.29) is 0 Å². The van der Waals surface area contributed by atoms with Gasteiger partial charge in [-0.15, -0.1) is 0 Å². The van der Waals surface area contributed by atoms with Gasteiger partial charge in [0.25, 0.3) is 0 Å². The Morgan fingerprint density at radius 1 is 1.05 bits per heavy atom. The van der Waals surface area contributed by atoms with Gasteiger partial charge in [-0.05, 0) is 36.4 Å². The van der Waals surface area contributed by atoms with Crippen LogP contribution in [0.2, 0.25) is 5.02 Å². The summed E-state index contributed by atoms with van der Waals surface area (Å²) in [5.41, 5.74) is 2.61. The van der Waals surface area contributed by atoms with E-state index in [2.05, 4.69) is 59.2 Å². The van der Waals surface area contributed by atoms with Gasteiger partial charge in [0.15, 0.2) is 0 Å². The van der Waals surface area contributed by atoms with Crippen molar-refractivity contribution in [1.82, 2.24) is 4.90 Å². The van der Waals surface area contributed by atoms with Crippen LogP contribution in [0.3, 0.4) is 0 Å². The Balaban J connectivity index is 1.92. The average molecular weight is 287 g/mol. The van der Waals surface area contributed by atoms with E-state index >= 15 is 0 Å². The number of halogens is 1. The predicted octanol–water partition coefficient (Wildman–Crippen LogP) is 4.18. The molecule has 0 amide bonds. The summed E-state index contributed by atoms with van der Waals surface area (Å²) in [7, 11) is 0. The van der Waals surface area contributed by atoms with Crippen molar-refractivity contribution in [3.63, 3.8) is 0 Å². The Hall–Kier alpha value is -1.51. The number of hydrogen-bond acceptors (Lipinski definition) is 2. The van der Waals surface area contributed by atoms with Crippen molar-refractivity contribution < 1.29 is 0 Å². The van der Waals surface area contributed by atoms with Gasteiger partial charge in [-0.3, -0.25) is 4.90 Å². The van der Waals surface area contributed by atoms with Crippen LogP contribution in [0.5, 0.6) is 0 Å². The van der Waals surface area contributed by atoms with E-state index in [1.807, 2.05) is 12.1 Å². The summed E-state index contributed by atoms with van der Waals surface area (Å²) in [6.45, 7) is 5.33. The van der Waals surface area contributed by atoms with Crippen molar-refractivity contribution in [3.8, 4) is 0 Å². The minimum Gasteiger partial charge on any atom is -0.350 e. The molecular formula is C17H19ClN2. The van der Waals surface area contributed by atoms with E-state index in [4.69, 9.17) is 11.6 Å². The maximum Gasteiger partial charge on any atom is 0.0714 e. The summed E-state index contributed by atoms with van der Waals surface area (Å²) >= 11 is 6.00. The molecule has 2 aromatic carbocycles. The molecule has 0 aliphatic carbocycles. The summed E-state index contributed by atoms with van der Waals surface area (Å²) in [5.74, 6) is 0. The molecule has 1 aliphatic rings. The van der Waals surface area contributed by atoms with Crippen LogP contribution in [0, 0.1) is 0 Å². The maximum absolute atomic E-state index is 6.00. The van der Waals surface area contributed by atoms with E-state index in [1.54, 1.807) is 0 Å². The van der Waals surface area contributed by atoms with E-state index in [1.165, 1.54) is 11.3 Å². The van der Waals surface area contributed by atoms with Crippen LogP contribution in [0.15, 0.2) is 54.6 Å². The third-order valence-corrected chi connectivity index (χ3v) is 4.20. The predicted molar refractivity (Wildman–Crippen MR) is 85.2 cm³/mol. The summed E-state index contributed by atoms with van der Waals surface area (Å²) in [5, 5.41) is 0.788. The first-order chi connectivity index (χ1) is 9.78. The molecule has 0 saturated carbocycles. The van der Waals surface area contributed by atoms with Crippen LogP contribution >= 0.6 is 11.6 Å². The third-order valence-electron chi connectivity index (χ3n) is 3.95. The van der Waals surface area contributed by atoms with Crippen LogP contribution in [-0.4, -0.2) is 24.7 Å². The monoisotopic (exact) mass is 286 g/mol. The fourth-order valence-electron chi connectivity index (χ4n) is 2.80. The van der Waals surface area contributed by atoms with Gasteiger partial charge >= 0.3 is 0 Å². The first-order valence-corrected chi connectivity index (χ1v) is 7.45. The molecule has 1 atom stereocenters. The molecule has 0 N–H and O–H groups in total. The van der Waals surface area contributed by atoms with Gasteiger partial charge < -0.3 is 4.90 Å². The lowest BCUT2D eigenvalue weighted by Crippen LogP contribution is -2.26. The van der Waals surface area contributed by atoms with E-state index in [9.17, 15) is 0 Å². The highest BCUT2D eigenvalue weighted by atomic mass is 35.5. The number of rotatable bonds is 3. The number of anilines is 1. The average Bonchev–Trinajstić information content (AvgIpc) is 2.93. The fraction of sp³-hybridized carbons (Fsp3) is 0.294. The first-order valence-electron chi connectivity index (χ1n) is 7.07. The van der Waals surface area contributed by atoms with Gasteiger partial charge in [0.1, 0.15) is 0 Å². The Kier molecular flexibility index (Phi) is 3.95. The highest BCUT2D eigenvalue weighted by Gasteiger charge is 2.30. The van der Waals surface area contributed by atoms with Gasteiger partial charge in [0.05, 0.1) is 12.7 Å². The molecule has 1 heterocycles. The van der Waals surface area contributed by atoms with E-state index in [0.29, 0.717) is 6.04 Å². The Morgan fingerprint density at radius 3 is 2.40 bits per heavy atom. The number of likely N-dealkylation sites (N-methyl/N-ethyl adjacent to an activating group) is 1. The van der Waals surface area contributed by atoms with Crippen LogP contribution in [-0.2, 0) is 0 Å². The van der Waals surface area contributed by atoms with Crippen molar-refractivity contribution in [1.29, 1.82) is 0 Å². The lowest BCUT2D eigenvalue weighted by Gasteiger charge is -2.26. The molecule has 20 heavy (non-hydrogen) atoms. The quantitative estimate of drug-likeness (QED) is 0.835. The molecule has 104 valence electrons. The molecule has 3 heteroatoms. The van der Waals surface area contributed by atoms with Crippen molar-refractivity contribution in [3.05, 3.63) is 65.2 Å². The van der Waals surface area contributed by atoms with Gasteiger partial charge in [-0.1, -0.05) is 48.9 Å². The molecule has 1 aliphatic heterocycles. The molecule has 2 nitrogen and oxygen atoms in total. The normalized spacial score (nSPS) is 19.5. The van der Waals surface area contributed by atoms with Gasteiger partial charge in [0.2, 0.25) is 0 Å². The smallest absolute Gasteiger partial charge is 0.0714 e. The molecule has 3 rings (SSSR count). The number of benzene rings is 2. The number of hydrogen-bond donors (Lipinski definition) is 0. The molecular weight excluding hydrogens is 268 g/mol. The Labute approximate surface area is 125 Å². The van der Waals surface area contributed by atoms with E-state index in [0.717, 1.165) is 24.8 Å². The summed E-state index contributed by atoms with van der Waals surface area (Å²) < 4.78 is 0. The molecule has 0 spiro atoms. The van der Waals surface area contributed by atoms with Crippen molar-refractivity contribution >= 4 is 17.3 Å². The fourth-order valence-corrected chi connectivity index (χ4v) is 2.92. The zero-order chi connectivity index (χ0) is 13.9. The zero-order valence-electron chi connectivity index (χ0n) is 11.7. The summed E-state index contributed by atoms with van der Waals surface area (Å²) in [6, 6.07) is 19.3. The van der Waals surface area contributed by atoms with Crippen LogP contribution in [0.25, 0.3) is 0 Å². The lowest BCUT2D eigenvalue weighted by molar-refractivity contribution is 0.354. The lowest BCUT2D eigenvalue weighted by atomic mass is 10.1. The minimum absolute atomic E-state index is 0.414. The summed E-state index contributed by atoms with van der Waals surface area (Å²) in [4.78, 5) is 4.92. The van der Waals surface area contributed by atoms with Crippen molar-refractivity contribution in [2.75, 3.05) is 24.7 Å². The maximum atomic E-state index is 6.00. The molecule has 0 bridgehead atoms. The van der Waals surface area contributed by atoms with Gasteiger partial charge in [-0.2, -0.15) is 0 Å². The van der Waals surface area contributed by atoms with Gasteiger partial charge in [-0.25, -0.2) is 0 Å². The highest BCUT2D eigenvalue weighted by Crippen LogP contribution is 2.33. The zero-order valence-corrected chi connectivity index (χ0v) is 12.4.